The summed E-state index contributed by atoms with van der Waals surface area (Å²) in [5.41, 5.74) is 6.63. The van der Waals surface area contributed by atoms with Gasteiger partial charge in [0, 0.05) is 54.9 Å². The third-order valence-electron chi connectivity index (χ3n) is 7.61. The molecule has 0 amide bonds. The molecule has 4 aromatic heterocycles. The number of aromatic nitrogens is 3. The van der Waals surface area contributed by atoms with Crippen molar-refractivity contribution >= 4 is 35.3 Å². The number of benzene rings is 2. The van der Waals surface area contributed by atoms with Crippen LogP contribution in [0.3, 0.4) is 0 Å². The first-order valence-corrected chi connectivity index (χ1v) is 18.7. The molecule has 0 aliphatic heterocycles. The van der Waals surface area contributed by atoms with Crippen molar-refractivity contribution in [2.45, 2.75) is 73.4 Å². The van der Waals surface area contributed by atoms with Crippen LogP contribution in [0.25, 0.3) is 44.6 Å². The van der Waals surface area contributed by atoms with Crippen LogP contribution in [0, 0.1) is 37.6 Å². The van der Waals surface area contributed by atoms with Crippen LogP contribution in [-0.4, -0.2) is 23.0 Å². The molecular formula is C39H42FIrN3OSi-2. The number of furan rings is 1. The zero-order chi connectivity index (χ0) is 35.9. The Morgan fingerprint density at radius 1 is 0.957 bits per heavy atom. The molecule has 1 radical (unpaired) electrons. The second-order valence-electron chi connectivity index (χ2n) is 13.1. The van der Waals surface area contributed by atoms with E-state index in [1.165, 1.54) is 16.8 Å². The largest absolute Gasteiger partial charge is 0.486 e. The second kappa shape index (κ2) is 14.5. The fourth-order valence-electron chi connectivity index (χ4n) is 5.37. The van der Waals surface area contributed by atoms with Crippen LogP contribution in [0.1, 0.15) is 61.5 Å². The number of fused-ring (bicyclic) bond motifs is 3. The predicted octanol–water partition coefficient (Wildman–Crippen LogP) is 10.0. The minimum Gasteiger partial charge on any atom is -0.486 e. The molecule has 0 aliphatic carbocycles. The molecule has 6 rings (SSSR count). The summed E-state index contributed by atoms with van der Waals surface area (Å²) in [7, 11) is -1.56. The first-order valence-electron chi connectivity index (χ1n) is 17.2. The van der Waals surface area contributed by atoms with E-state index in [4.69, 9.17) is 9.90 Å². The van der Waals surface area contributed by atoms with E-state index in [0.29, 0.717) is 17.3 Å². The predicted molar refractivity (Wildman–Crippen MR) is 187 cm³/mol. The SMILES string of the molecule is [2H]C(C)(C)c1ccnc(-c2[c-]ccc3c2oc2nc(C)ccc23)c1.[2H]C([2H])([2H])c1c[c-]c(-c2cc(CC(C)C)c([Si](C)(C)C)cn2)c(F)c1.[Ir]. The molecule has 241 valence electrons. The van der Waals surface area contributed by atoms with E-state index < -0.39 is 26.6 Å². The van der Waals surface area contributed by atoms with E-state index >= 15 is 0 Å². The minimum absolute atomic E-state index is 0. The average molecular weight is 812 g/mol. The third-order valence-corrected chi connectivity index (χ3v) is 9.67. The van der Waals surface area contributed by atoms with Gasteiger partial charge < -0.3 is 14.4 Å². The standard InChI is InChI=1S/C20H17N2O.C19H25FNSi.Ir/c1-12(2)14-9-10-21-18(11-14)17-6-4-5-15-16-8-7-13(3)22-20(16)23-19(15)17;1-13(2)9-15-11-18(21-12-19(15)22(4,5)6)16-8-7-14(3)10-17(16)20;/h4-5,7-12H,1-3H3;7,10-13H,9H2,1-6H3;/q2*-1;/i12D;3D3;. The van der Waals surface area contributed by atoms with Gasteiger partial charge in [0.25, 0.3) is 0 Å². The van der Waals surface area contributed by atoms with Crippen molar-refractivity contribution in [2.24, 2.45) is 5.92 Å². The molecular weight excluding hydrogens is 766 g/mol. The van der Waals surface area contributed by atoms with Gasteiger partial charge >= 0.3 is 0 Å². The quantitative estimate of drug-likeness (QED) is 0.124. The molecule has 7 heteroatoms. The van der Waals surface area contributed by atoms with Gasteiger partial charge in [0.05, 0.1) is 13.7 Å². The first-order chi connectivity index (χ1) is 22.8. The maximum atomic E-state index is 14.5. The van der Waals surface area contributed by atoms with Gasteiger partial charge in [-0.2, -0.15) is 0 Å². The molecule has 0 N–H and O–H groups in total. The van der Waals surface area contributed by atoms with Crippen LogP contribution in [0.5, 0.6) is 0 Å². The summed E-state index contributed by atoms with van der Waals surface area (Å²) >= 11 is 0. The number of hydrogen-bond acceptors (Lipinski definition) is 4. The summed E-state index contributed by atoms with van der Waals surface area (Å²) < 4.78 is 50.9. The topological polar surface area (TPSA) is 51.8 Å². The number of aryl methyl sites for hydroxylation is 2. The zero-order valence-corrected chi connectivity index (χ0v) is 31.0. The Morgan fingerprint density at radius 2 is 1.72 bits per heavy atom. The Hall–Kier alpha value is -3.51. The molecule has 0 atom stereocenters. The molecule has 4 heterocycles. The van der Waals surface area contributed by atoms with E-state index in [1.807, 2.05) is 69.4 Å². The van der Waals surface area contributed by atoms with Gasteiger partial charge in [-0.15, -0.1) is 42.0 Å². The maximum absolute atomic E-state index is 14.5. The van der Waals surface area contributed by atoms with Crippen molar-refractivity contribution in [2.75, 3.05) is 0 Å². The maximum Gasteiger partial charge on any atom is 0.216 e. The molecule has 46 heavy (non-hydrogen) atoms. The molecule has 0 saturated carbocycles. The van der Waals surface area contributed by atoms with Crippen molar-refractivity contribution in [3.05, 3.63) is 107 Å². The molecule has 4 nitrogen and oxygen atoms in total. The Morgan fingerprint density at radius 3 is 2.39 bits per heavy atom. The van der Waals surface area contributed by atoms with Crippen molar-refractivity contribution < 1.29 is 34.4 Å². The van der Waals surface area contributed by atoms with Crippen LogP contribution in [0.15, 0.2) is 71.4 Å². The normalized spacial score (nSPS) is 13.3. The third kappa shape index (κ3) is 7.88. The van der Waals surface area contributed by atoms with Gasteiger partial charge in [-0.1, -0.05) is 94.0 Å². The number of rotatable bonds is 6. The summed E-state index contributed by atoms with van der Waals surface area (Å²) in [6.07, 6.45) is 4.51. The second-order valence-corrected chi connectivity index (χ2v) is 18.2. The Balaban J connectivity index is 0.000000220. The van der Waals surface area contributed by atoms with Crippen molar-refractivity contribution in [3.8, 4) is 22.5 Å². The fourth-order valence-corrected chi connectivity index (χ4v) is 6.96. The molecule has 0 saturated heterocycles. The molecule has 0 fully saturated rings. The van der Waals surface area contributed by atoms with E-state index in [1.54, 1.807) is 6.20 Å². The first kappa shape index (κ1) is 29.9. The summed E-state index contributed by atoms with van der Waals surface area (Å²) in [6.45, 7) is 14.5. The number of nitrogens with zero attached hydrogens (tertiary/aromatic N) is 3. The summed E-state index contributed by atoms with van der Waals surface area (Å²) in [6, 6.07) is 22.0. The van der Waals surface area contributed by atoms with Crippen molar-refractivity contribution in [3.63, 3.8) is 0 Å². The smallest absolute Gasteiger partial charge is 0.216 e. The van der Waals surface area contributed by atoms with Crippen LogP contribution in [-0.2, 0) is 26.5 Å². The zero-order valence-electron chi connectivity index (χ0n) is 31.6. The van der Waals surface area contributed by atoms with Gasteiger partial charge in [0.1, 0.15) is 0 Å². The van der Waals surface area contributed by atoms with Crippen LogP contribution in [0.4, 0.5) is 4.39 Å². The summed E-state index contributed by atoms with van der Waals surface area (Å²) in [4.78, 5) is 13.4. The number of pyridine rings is 3. The van der Waals surface area contributed by atoms with E-state index in [-0.39, 0.29) is 31.2 Å². The number of halogens is 1. The van der Waals surface area contributed by atoms with Gasteiger partial charge in [-0.25, -0.2) is 4.98 Å². The van der Waals surface area contributed by atoms with Crippen LogP contribution in [0.2, 0.25) is 19.6 Å². The minimum atomic E-state index is -2.34. The Kier molecular flexibility index (Phi) is 9.41. The van der Waals surface area contributed by atoms with E-state index in [0.717, 1.165) is 51.4 Å². The van der Waals surface area contributed by atoms with Crippen molar-refractivity contribution in [1.29, 1.82) is 0 Å². The average Bonchev–Trinajstić information content (AvgIpc) is 3.37. The molecule has 0 spiro atoms. The monoisotopic (exact) mass is 812 g/mol. The molecule has 0 unspecified atom stereocenters. The molecule has 0 aliphatic rings. The Labute approximate surface area is 292 Å². The molecule has 0 bridgehead atoms. The van der Waals surface area contributed by atoms with Crippen LogP contribution < -0.4 is 5.19 Å². The van der Waals surface area contributed by atoms with Gasteiger partial charge in [-0.3, -0.25) is 4.39 Å². The van der Waals surface area contributed by atoms with Gasteiger partial charge in [0.2, 0.25) is 5.71 Å². The van der Waals surface area contributed by atoms with Crippen LogP contribution >= 0.6 is 0 Å². The van der Waals surface area contributed by atoms with Crippen molar-refractivity contribution in [1.82, 2.24) is 15.0 Å². The van der Waals surface area contributed by atoms with Gasteiger partial charge in [-0.05, 0) is 59.9 Å². The number of hydrogen-bond donors (Lipinski definition) is 0. The molecule has 2 aromatic carbocycles. The van der Waals surface area contributed by atoms with E-state index in [9.17, 15) is 4.39 Å². The summed E-state index contributed by atoms with van der Waals surface area (Å²) in [5.74, 6) is -0.799. The Bertz CT molecular complexity index is 2140. The van der Waals surface area contributed by atoms with E-state index in [2.05, 4.69) is 60.6 Å². The summed E-state index contributed by atoms with van der Waals surface area (Å²) in [5, 5.41) is 3.27. The van der Waals surface area contributed by atoms with Gasteiger partial charge in [0.15, 0.2) is 0 Å². The fraction of sp³-hybridized carbons (Fsp3) is 0.308. The molecule has 6 aromatic rings.